The van der Waals surface area contributed by atoms with E-state index in [1.54, 1.807) is 12.3 Å². The second kappa shape index (κ2) is 2.43. The average Bonchev–Trinajstić information content (AvgIpc) is 2.34. The van der Waals surface area contributed by atoms with Crippen molar-refractivity contribution in [1.82, 2.24) is 0 Å². The van der Waals surface area contributed by atoms with Gasteiger partial charge in [-0.3, -0.25) is 0 Å². The largest absolute Gasteiger partial charge is 0.228 e. The Labute approximate surface area is 73.1 Å². The highest BCUT2D eigenvalue weighted by Crippen LogP contribution is 2.21. The predicted octanol–water partition coefficient (Wildman–Crippen LogP) is 1.77. The second-order valence-corrected chi connectivity index (χ2v) is 2.94. The van der Waals surface area contributed by atoms with Gasteiger partial charge in [0.05, 0.1) is 11.6 Å². The molecule has 2 aliphatic heterocycles. The second-order valence-electron chi connectivity index (χ2n) is 2.17. The first-order valence-electron chi connectivity index (χ1n) is 3.00. The van der Waals surface area contributed by atoms with E-state index in [4.69, 9.17) is 23.2 Å². The summed E-state index contributed by atoms with van der Waals surface area (Å²) < 4.78 is 0. The molecule has 0 fully saturated rings. The normalized spacial score (nSPS) is 27.5. The molecule has 0 radical (unpaired) electrons. The Morgan fingerprint density at radius 1 is 1.36 bits per heavy atom. The van der Waals surface area contributed by atoms with Gasteiger partial charge in [-0.2, -0.15) is 10.2 Å². The fraction of sp³-hybridized carbons (Fsp3) is 0.167. The van der Waals surface area contributed by atoms with E-state index >= 15 is 0 Å². The van der Waals surface area contributed by atoms with Gasteiger partial charge in [0.2, 0.25) is 0 Å². The zero-order chi connectivity index (χ0) is 7.84. The molecule has 1 unspecified atom stereocenters. The van der Waals surface area contributed by atoms with Crippen LogP contribution in [0.2, 0.25) is 0 Å². The van der Waals surface area contributed by atoms with Crippen molar-refractivity contribution in [3.8, 4) is 0 Å². The summed E-state index contributed by atoms with van der Waals surface area (Å²) in [6.45, 7) is 0. The molecule has 0 amide bonds. The van der Waals surface area contributed by atoms with Crippen LogP contribution in [0.3, 0.4) is 0 Å². The highest BCUT2D eigenvalue weighted by molar-refractivity contribution is 6.70. The van der Waals surface area contributed by atoms with Crippen LogP contribution in [0.1, 0.15) is 0 Å². The Hall–Kier alpha value is -0.670. The van der Waals surface area contributed by atoms with Crippen molar-refractivity contribution in [2.75, 3.05) is 0 Å². The van der Waals surface area contributed by atoms with Gasteiger partial charge in [-0.1, -0.05) is 23.2 Å². The zero-order valence-corrected chi connectivity index (χ0v) is 6.84. The molecule has 0 aromatic carbocycles. The predicted molar refractivity (Wildman–Crippen MR) is 46.6 cm³/mol. The Balaban J connectivity index is 2.45. The van der Waals surface area contributed by atoms with E-state index in [1.165, 1.54) is 0 Å². The fourth-order valence-electron chi connectivity index (χ4n) is 0.933. The van der Waals surface area contributed by atoms with Crippen molar-refractivity contribution in [3.63, 3.8) is 0 Å². The first-order chi connectivity index (χ1) is 5.27. The molecule has 0 saturated heterocycles. The van der Waals surface area contributed by atoms with E-state index < -0.39 is 0 Å². The van der Waals surface area contributed by atoms with Crippen molar-refractivity contribution in [2.45, 2.75) is 0 Å². The molecule has 0 aromatic rings. The molecule has 0 bridgehead atoms. The topological polar surface area (TPSA) is 37.1 Å². The number of hydrogen-bond acceptors (Lipinski definition) is 3. The average molecular weight is 188 g/mol. The number of fused-ring (bicyclic) bond motifs is 1. The Kier molecular flexibility index (Phi) is 1.55. The first-order valence-corrected chi connectivity index (χ1v) is 3.75. The number of aliphatic imine (C=N–C) groups is 1. The maximum absolute atomic E-state index is 5.77. The fourth-order valence-corrected chi connectivity index (χ4v) is 1.44. The molecular weight excluding hydrogens is 185 g/mol. The van der Waals surface area contributed by atoms with Gasteiger partial charge in [0, 0.05) is 6.21 Å². The molecule has 5 heteroatoms. The summed E-state index contributed by atoms with van der Waals surface area (Å²) in [5, 5.41) is 8.31. The standard InChI is InChI=1S/C6H3Cl2N3/c7-5-1-4-3(2-9-11-4)6(8)10-5/h1-3H. The van der Waals surface area contributed by atoms with Gasteiger partial charge in [-0.15, -0.1) is 0 Å². The molecule has 0 spiro atoms. The van der Waals surface area contributed by atoms with Gasteiger partial charge >= 0.3 is 0 Å². The smallest absolute Gasteiger partial charge is 0.132 e. The van der Waals surface area contributed by atoms with Crippen LogP contribution < -0.4 is 0 Å². The number of rotatable bonds is 0. The van der Waals surface area contributed by atoms with Crippen LogP contribution in [0.15, 0.2) is 26.4 Å². The van der Waals surface area contributed by atoms with Gasteiger partial charge in [-0.05, 0) is 6.08 Å². The van der Waals surface area contributed by atoms with Crippen molar-refractivity contribution in [1.29, 1.82) is 0 Å². The Bertz CT molecular complexity index is 314. The van der Waals surface area contributed by atoms with E-state index in [0.29, 0.717) is 10.3 Å². The van der Waals surface area contributed by atoms with Crippen LogP contribution in [-0.2, 0) is 0 Å². The van der Waals surface area contributed by atoms with Crippen LogP contribution in [0.4, 0.5) is 0 Å². The third-order valence-electron chi connectivity index (χ3n) is 1.44. The summed E-state index contributed by atoms with van der Waals surface area (Å²) >= 11 is 11.4. The molecule has 2 aliphatic rings. The van der Waals surface area contributed by atoms with Crippen LogP contribution in [-0.4, -0.2) is 17.1 Å². The molecule has 1 atom stereocenters. The van der Waals surface area contributed by atoms with Gasteiger partial charge in [0.25, 0.3) is 0 Å². The van der Waals surface area contributed by atoms with Crippen LogP contribution >= 0.6 is 23.2 Å². The summed E-state index contributed by atoms with van der Waals surface area (Å²) in [5.74, 6) is -0.0702. The first kappa shape index (κ1) is 7.00. The van der Waals surface area contributed by atoms with Crippen molar-refractivity contribution in [3.05, 3.63) is 11.2 Å². The minimum absolute atomic E-state index is 0.0702. The number of hydrogen-bond donors (Lipinski definition) is 0. The van der Waals surface area contributed by atoms with E-state index in [1.807, 2.05) is 0 Å². The van der Waals surface area contributed by atoms with Gasteiger partial charge in [-0.25, -0.2) is 4.99 Å². The molecule has 0 N–H and O–H groups in total. The van der Waals surface area contributed by atoms with Gasteiger partial charge < -0.3 is 0 Å². The Morgan fingerprint density at radius 3 is 3.00 bits per heavy atom. The maximum Gasteiger partial charge on any atom is 0.132 e. The molecule has 2 heterocycles. The van der Waals surface area contributed by atoms with Crippen LogP contribution in [0.25, 0.3) is 0 Å². The minimum atomic E-state index is -0.0702. The van der Waals surface area contributed by atoms with E-state index in [0.717, 1.165) is 5.71 Å². The Morgan fingerprint density at radius 2 is 2.18 bits per heavy atom. The molecule has 0 aliphatic carbocycles. The van der Waals surface area contributed by atoms with Crippen LogP contribution in [0, 0.1) is 5.92 Å². The third kappa shape index (κ3) is 1.10. The summed E-state index contributed by atoms with van der Waals surface area (Å²) in [6.07, 6.45) is 3.30. The quantitative estimate of drug-likeness (QED) is 0.519. The number of allylic oxidation sites excluding steroid dienone is 1. The number of nitrogens with zero attached hydrogens (tertiary/aromatic N) is 3. The number of halogens is 2. The highest BCUT2D eigenvalue weighted by Gasteiger charge is 2.25. The third-order valence-corrected chi connectivity index (χ3v) is 1.96. The molecule has 56 valence electrons. The van der Waals surface area contributed by atoms with Gasteiger partial charge in [0.1, 0.15) is 10.3 Å². The summed E-state index contributed by atoms with van der Waals surface area (Å²) in [6, 6.07) is 0. The zero-order valence-electron chi connectivity index (χ0n) is 5.33. The van der Waals surface area contributed by atoms with Crippen LogP contribution in [0.5, 0.6) is 0 Å². The molecule has 3 nitrogen and oxygen atoms in total. The summed E-state index contributed by atoms with van der Waals surface area (Å²) in [5.41, 5.74) is 0.759. The summed E-state index contributed by atoms with van der Waals surface area (Å²) in [4.78, 5) is 3.86. The molecule has 0 saturated carbocycles. The van der Waals surface area contributed by atoms with E-state index in [-0.39, 0.29) is 5.92 Å². The van der Waals surface area contributed by atoms with Gasteiger partial charge in [0.15, 0.2) is 0 Å². The van der Waals surface area contributed by atoms with Crippen molar-refractivity contribution < 1.29 is 0 Å². The minimum Gasteiger partial charge on any atom is -0.228 e. The lowest BCUT2D eigenvalue weighted by Gasteiger charge is -2.09. The molecular formula is C6H3Cl2N3. The lowest BCUT2D eigenvalue weighted by atomic mass is 10.1. The molecule has 0 aromatic heterocycles. The lowest BCUT2D eigenvalue weighted by Crippen LogP contribution is -2.20. The van der Waals surface area contributed by atoms with Crippen molar-refractivity contribution in [2.24, 2.45) is 21.1 Å². The molecule has 2 rings (SSSR count). The van der Waals surface area contributed by atoms with Crippen molar-refractivity contribution >= 4 is 40.3 Å². The lowest BCUT2D eigenvalue weighted by molar-refractivity contribution is 1.27. The maximum atomic E-state index is 5.77. The monoisotopic (exact) mass is 187 g/mol. The van der Waals surface area contributed by atoms with E-state index in [9.17, 15) is 0 Å². The SMILES string of the molecule is ClC1=CC2=NN=CC2C(Cl)=N1. The summed E-state index contributed by atoms with van der Waals surface area (Å²) in [7, 11) is 0. The van der Waals surface area contributed by atoms with E-state index in [2.05, 4.69) is 15.2 Å². The molecule has 11 heavy (non-hydrogen) atoms. The highest BCUT2D eigenvalue weighted by atomic mass is 35.5.